The van der Waals surface area contributed by atoms with Crippen LogP contribution in [0.4, 0.5) is 14.5 Å². The molecule has 0 aromatic heterocycles. The second kappa shape index (κ2) is 8.12. The highest BCUT2D eigenvalue weighted by atomic mass is 19.1. The third-order valence-corrected chi connectivity index (χ3v) is 5.41. The van der Waals surface area contributed by atoms with Gasteiger partial charge in [0.05, 0.1) is 11.7 Å². The first-order valence-corrected chi connectivity index (χ1v) is 9.24. The number of nitrogens with one attached hydrogen (secondary N) is 1. The number of rotatable bonds is 4. The quantitative estimate of drug-likeness (QED) is 0.892. The summed E-state index contributed by atoms with van der Waals surface area (Å²) in [5.74, 6) is -1.38. The lowest BCUT2D eigenvalue weighted by atomic mass is 9.94. The van der Waals surface area contributed by atoms with E-state index in [2.05, 4.69) is 5.32 Å². The largest absolute Gasteiger partial charge is 0.342 e. The fourth-order valence-electron chi connectivity index (χ4n) is 3.73. The van der Waals surface area contributed by atoms with Gasteiger partial charge < -0.3 is 10.2 Å². The van der Waals surface area contributed by atoms with Crippen LogP contribution in [-0.2, 0) is 9.59 Å². The van der Waals surface area contributed by atoms with Crippen molar-refractivity contribution in [2.45, 2.75) is 38.6 Å². The number of carbonyl (C=O) groups is 2. The van der Waals surface area contributed by atoms with Gasteiger partial charge in [0.15, 0.2) is 0 Å². The number of benzene rings is 1. The highest BCUT2D eigenvalue weighted by Gasteiger charge is 2.32. The van der Waals surface area contributed by atoms with Crippen LogP contribution < -0.4 is 5.32 Å². The van der Waals surface area contributed by atoms with E-state index in [0.717, 1.165) is 57.0 Å². The Hall–Kier alpha value is -2.02. The molecule has 2 saturated heterocycles. The number of hydrogen-bond acceptors (Lipinski definition) is 3. The molecule has 1 aromatic carbocycles. The van der Waals surface area contributed by atoms with Gasteiger partial charge in [0, 0.05) is 25.1 Å². The van der Waals surface area contributed by atoms with Crippen LogP contribution in [0, 0.1) is 17.6 Å². The van der Waals surface area contributed by atoms with Crippen LogP contribution >= 0.6 is 0 Å². The fraction of sp³-hybridized carbons (Fsp3) is 0.579. The normalized spacial score (nSPS) is 20.2. The van der Waals surface area contributed by atoms with Crippen LogP contribution in [0.5, 0.6) is 0 Å². The summed E-state index contributed by atoms with van der Waals surface area (Å²) >= 11 is 0. The maximum Gasteiger partial charge on any atom is 0.241 e. The minimum atomic E-state index is -0.665. The molecule has 3 rings (SSSR count). The number of likely N-dealkylation sites (tertiary alicyclic amines) is 2. The SMILES string of the molecule is CC(C(=O)Nc1cc(F)ccc1F)N1CCC(C(=O)N2CCCC2)CC1. The molecule has 7 heteroatoms. The molecule has 1 atom stereocenters. The van der Waals surface area contributed by atoms with E-state index in [0.29, 0.717) is 13.1 Å². The lowest BCUT2D eigenvalue weighted by molar-refractivity contribution is -0.136. The minimum Gasteiger partial charge on any atom is -0.342 e. The topological polar surface area (TPSA) is 52.7 Å². The van der Waals surface area contributed by atoms with Crippen molar-refractivity contribution in [3.63, 3.8) is 0 Å². The fourth-order valence-corrected chi connectivity index (χ4v) is 3.73. The highest BCUT2D eigenvalue weighted by Crippen LogP contribution is 2.24. The van der Waals surface area contributed by atoms with Crippen molar-refractivity contribution < 1.29 is 18.4 Å². The lowest BCUT2D eigenvalue weighted by Crippen LogP contribution is -2.48. The van der Waals surface area contributed by atoms with Crippen molar-refractivity contribution in [3.8, 4) is 0 Å². The van der Waals surface area contributed by atoms with Gasteiger partial charge in [-0.15, -0.1) is 0 Å². The van der Waals surface area contributed by atoms with Gasteiger partial charge in [-0.2, -0.15) is 0 Å². The van der Waals surface area contributed by atoms with E-state index < -0.39 is 17.7 Å². The molecule has 26 heavy (non-hydrogen) atoms. The van der Waals surface area contributed by atoms with Crippen molar-refractivity contribution >= 4 is 17.5 Å². The first kappa shape index (κ1) is 18.8. The molecule has 142 valence electrons. The molecule has 0 bridgehead atoms. The van der Waals surface area contributed by atoms with E-state index in [1.807, 2.05) is 9.80 Å². The van der Waals surface area contributed by atoms with Crippen molar-refractivity contribution in [1.29, 1.82) is 0 Å². The molecule has 1 aromatic rings. The average molecular weight is 365 g/mol. The first-order chi connectivity index (χ1) is 12.5. The maximum atomic E-state index is 13.7. The number of anilines is 1. The summed E-state index contributed by atoms with van der Waals surface area (Å²) in [7, 11) is 0. The van der Waals surface area contributed by atoms with Gasteiger partial charge in [-0.25, -0.2) is 8.78 Å². The molecule has 0 spiro atoms. The van der Waals surface area contributed by atoms with E-state index >= 15 is 0 Å². The Kier molecular flexibility index (Phi) is 5.86. The van der Waals surface area contributed by atoms with E-state index in [4.69, 9.17) is 0 Å². The van der Waals surface area contributed by atoms with E-state index in [-0.39, 0.29) is 23.4 Å². The van der Waals surface area contributed by atoms with E-state index in [1.54, 1.807) is 6.92 Å². The van der Waals surface area contributed by atoms with Gasteiger partial charge in [0.2, 0.25) is 11.8 Å². The van der Waals surface area contributed by atoms with Gasteiger partial charge in [0.25, 0.3) is 0 Å². The Morgan fingerprint density at radius 1 is 1.12 bits per heavy atom. The number of nitrogens with zero attached hydrogens (tertiary/aromatic N) is 2. The number of piperidine rings is 1. The maximum absolute atomic E-state index is 13.7. The number of halogens is 2. The van der Waals surface area contributed by atoms with Crippen LogP contribution in [0.3, 0.4) is 0 Å². The lowest BCUT2D eigenvalue weighted by Gasteiger charge is -2.36. The number of amides is 2. The standard InChI is InChI=1S/C19H25F2N3O2/c1-13(18(25)22-17-12-15(20)4-5-16(17)21)23-10-6-14(7-11-23)19(26)24-8-2-3-9-24/h4-5,12-14H,2-3,6-11H2,1H3,(H,22,25). The second-order valence-corrected chi connectivity index (χ2v) is 7.13. The van der Waals surface area contributed by atoms with Gasteiger partial charge in [-0.05, 0) is 57.8 Å². The molecule has 2 heterocycles. The monoisotopic (exact) mass is 365 g/mol. The summed E-state index contributed by atoms with van der Waals surface area (Å²) in [6, 6.07) is 2.50. The third kappa shape index (κ3) is 4.20. The summed E-state index contributed by atoms with van der Waals surface area (Å²) in [5, 5.41) is 2.46. The third-order valence-electron chi connectivity index (χ3n) is 5.41. The Morgan fingerprint density at radius 3 is 2.42 bits per heavy atom. The van der Waals surface area contributed by atoms with Crippen molar-refractivity contribution in [3.05, 3.63) is 29.8 Å². The zero-order valence-corrected chi connectivity index (χ0v) is 15.0. The average Bonchev–Trinajstić information content (AvgIpc) is 3.18. The van der Waals surface area contributed by atoms with Gasteiger partial charge in [0.1, 0.15) is 11.6 Å². The van der Waals surface area contributed by atoms with Gasteiger partial charge >= 0.3 is 0 Å². The van der Waals surface area contributed by atoms with Crippen LogP contribution in [0.15, 0.2) is 18.2 Å². The summed E-state index contributed by atoms with van der Waals surface area (Å²) in [5.41, 5.74) is -0.152. The molecular weight excluding hydrogens is 340 g/mol. The van der Waals surface area contributed by atoms with E-state index in [9.17, 15) is 18.4 Å². The zero-order valence-electron chi connectivity index (χ0n) is 15.0. The molecule has 0 aliphatic carbocycles. The summed E-state index contributed by atoms with van der Waals surface area (Å²) < 4.78 is 26.9. The molecule has 0 saturated carbocycles. The molecule has 2 aliphatic rings. The van der Waals surface area contributed by atoms with Crippen LogP contribution in [0.1, 0.15) is 32.6 Å². The molecule has 2 aliphatic heterocycles. The van der Waals surface area contributed by atoms with Crippen molar-refractivity contribution in [2.75, 3.05) is 31.5 Å². The molecule has 0 radical (unpaired) electrons. The molecule has 5 nitrogen and oxygen atoms in total. The molecule has 1 unspecified atom stereocenters. The smallest absolute Gasteiger partial charge is 0.241 e. The molecule has 2 amide bonds. The van der Waals surface area contributed by atoms with Crippen LogP contribution in [0.2, 0.25) is 0 Å². The Bertz CT molecular complexity index is 669. The highest BCUT2D eigenvalue weighted by molar-refractivity contribution is 5.94. The van der Waals surface area contributed by atoms with Crippen molar-refractivity contribution in [1.82, 2.24) is 9.80 Å². The zero-order chi connectivity index (χ0) is 18.7. The van der Waals surface area contributed by atoms with E-state index in [1.165, 1.54) is 0 Å². The predicted octanol–water partition coefficient (Wildman–Crippen LogP) is 2.63. The number of carbonyl (C=O) groups excluding carboxylic acids is 2. The van der Waals surface area contributed by atoms with Crippen molar-refractivity contribution in [2.24, 2.45) is 5.92 Å². The molecule has 2 fully saturated rings. The summed E-state index contributed by atoms with van der Waals surface area (Å²) in [6.45, 7) is 4.75. The Labute approximate surface area is 152 Å². The predicted molar refractivity (Wildman–Crippen MR) is 94.6 cm³/mol. The second-order valence-electron chi connectivity index (χ2n) is 7.13. The molecular formula is C19H25F2N3O2. The first-order valence-electron chi connectivity index (χ1n) is 9.24. The van der Waals surface area contributed by atoms with Gasteiger partial charge in [-0.3, -0.25) is 14.5 Å². The van der Waals surface area contributed by atoms with Gasteiger partial charge in [-0.1, -0.05) is 0 Å². The summed E-state index contributed by atoms with van der Waals surface area (Å²) in [6.07, 6.45) is 3.61. The van der Waals surface area contributed by atoms with Crippen LogP contribution in [0.25, 0.3) is 0 Å². The molecule has 1 N–H and O–H groups in total. The summed E-state index contributed by atoms with van der Waals surface area (Å²) in [4.78, 5) is 28.8. The van der Waals surface area contributed by atoms with Crippen LogP contribution in [-0.4, -0.2) is 53.8 Å². The Morgan fingerprint density at radius 2 is 1.77 bits per heavy atom. The number of hydrogen-bond donors (Lipinski definition) is 1. The Balaban J connectivity index is 1.52. The minimum absolute atomic E-state index is 0.0280.